The number of likely N-dealkylation sites (tertiary alicyclic amines) is 1. The van der Waals surface area contributed by atoms with Crippen molar-refractivity contribution in [2.24, 2.45) is 11.8 Å². The highest BCUT2D eigenvalue weighted by atomic mass is 16.5. The summed E-state index contributed by atoms with van der Waals surface area (Å²) in [5.41, 5.74) is 0. The number of ether oxygens (including phenoxy) is 1. The maximum Gasteiger partial charge on any atom is 0.228 e. The molecule has 0 aliphatic carbocycles. The fraction of sp³-hybridized carbons (Fsp3) is 0.938. The predicted octanol–water partition coefficient (Wildman–Crippen LogP) is 2.98. The molecule has 2 bridgehead atoms. The molecule has 0 saturated carbocycles. The van der Waals surface area contributed by atoms with Gasteiger partial charge in [0.15, 0.2) is 0 Å². The van der Waals surface area contributed by atoms with Crippen LogP contribution in [0.1, 0.15) is 58.3 Å². The Labute approximate surface area is 116 Å². The fourth-order valence-electron chi connectivity index (χ4n) is 4.21. The zero-order chi connectivity index (χ0) is 13.2. The van der Waals surface area contributed by atoms with Gasteiger partial charge in [0.2, 0.25) is 5.91 Å². The molecule has 4 unspecified atom stereocenters. The van der Waals surface area contributed by atoms with Crippen molar-refractivity contribution < 1.29 is 9.53 Å². The number of hydrogen-bond donors (Lipinski definition) is 0. The van der Waals surface area contributed by atoms with E-state index >= 15 is 0 Å². The van der Waals surface area contributed by atoms with Crippen molar-refractivity contribution in [1.29, 1.82) is 0 Å². The second-order valence-electron chi connectivity index (χ2n) is 6.63. The Balaban J connectivity index is 1.55. The highest BCUT2D eigenvalue weighted by Crippen LogP contribution is 2.40. The molecule has 3 heteroatoms. The first kappa shape index (κ1) is 13.4. The van der Waals surface area contributed by atoms with Crippen LogP contribution in [-0.2, 0) is 9.53 Å². The fourth-order valence-corrected chi connectivity index (χ4v) is 4.21. The van der Waals surface area contributed by atoms with Gasteiger partial charge in [-0.15, -0.1) is 0 Å². The Bertz CT molecular complexity index is 331. The van der Waals surface area contributed by atoms with Crippen LogP contribution in [0, 0.1) is 11.8 Å². The van der Waals surface area contributed by atoms with Crippen LogP contribution in [0.4, 0.5) is 0 Å². The molecule has 1 amide bonds. The molecule has 3 aliphatic rings. The van der Waals surface area contributed by atoms with Gasteiger partial charge in [-0.1, -0.05) is 19.8 Å². The quantitative estimate of drug-likeness (QED) is 0.785. The van der Waals surface area contributed by atoms with E-state index in [2.05, 4.69) is 11.8 Å². The first-order chi connectivity index (χ1) is 9.28. The maximum absolute atomic E-state index is 12.7. The van der Waals surface area contributed by atoms with Crippen molar-refractivity contribution >= 4 is 5.91 Å². The van der Waals surface area contributed by atoms with Gasteiger partial charge in [-0.25, -0.2) is 0 Å². The minimum atomic E-state index is 0.182. The number of carbonyl (C=O) groups excluding carboxylic acids is 1. The van der Waals surface area contributed by atoms with Gasteiger partial charge in [0, 0.05) is 13.1 Å². The average molecular weight is 265 g/mol. The molecule has 3 nitrogen and oxygen atoms in total. The normalized spacial score (nSPS) is 38.5. The molecular formula is C16H27NO2. The van der Waals surface area contributed by atoms with E-state index in [-0.39, 0.29) is 12.0 Å². The average Bonchev–Trinajstić information content (AvgIpc) is 2.97. The van der Waals surface area contributed by atoms with Gasteiger partial charge in [0.05, 0.1) is 18.1 Å². The van der Waals surface area contributed by atoms with Crippen LogP contribution in [0.15, 0.2) is 0 Å². The number of amides is 1. The summed E-state index contributed by atoms with van der Waals surface area (Å²) >= 11 is 0. The molecule has 0 aromatic heterocycles. The molecule has 3 rings (SSSR count). The van der Waals surface area contributed by atoms with E-state index in [1.54, 1.807) is 0 Å². The van der Waals surface area contributed by atoms with Crippen LogP contribution in [0.5, 0.6) is 0 Å². The van der Waals surface area contributed by atoms with Crippen molar-refractivity contribution in [3.8, 4) is 0 Å². The van der Waals surface area contributed by atoms with E-state index in [1.807, 2.05) is 0 Å². The molecule has 0 aromatic rings. The third-order valence-electron chi connectivity index (χ3n) is 5.28. The number of nitrogens with zero attached hydrogens (tertiary/aromatic N) is 1. The first-order valence-electron chi connectivity index (χ1n) is 8.22. The molecular weight excluding hydrogens is 238 g/mol. The largest absolute Gasteiger partial charge is 0.374 e. The SMILES string of the molecule is CCCC1CCCN(C(=O)C2CC3CCC2O3)CC1. The van der Waals surface area contributed by atoms with Crippen molar-refractivity contribution in [3.63, 3.8) is 0 Å². The standard InChI is InChI=1S/C16H27NO2/c1-2-4-12-5-3-9-17(10-8-12)16(18)14-11-13-6-7-15(14)19-13/h12-15H,2-11H2,1H3. The summed E-state index contributed by atoms with van der Waals surface area (Å²) in [6.45, 7) is 4.23. The minimum Gasteiger partial charge on any atom is -0.374 e. The van der Waals surface area contributed by atoms with Crippen LogP contribution in [-0.4, -0.2) is 36.1 Å². The van der Waals surface area contributed by atoms with Crippen molar-refractivity contribution in [2.45, 2.75) is 70.5 Å². The molecule has 3 fully saturated rings. The lowest BCUT2D eigenvalue weighted by atomic mass is 9.88. The van der Waals surface area contributed by atoms with E-state index in [4.69, 9.17) is 4.74 Å². The van der Waals surface area contributed by atoms with Gasteiger partial charge in [-0.2, -0.15) is 0 Å². The van der Waals surface area contributed by atoms with Crippen molar-refractivity contribution in [1.82, 2.24) is 4.90 Å². The second kappa shape index (κ2) is 5.82. The summed E-state index contributed by atoms with van der Waals surface area (Å²) in [4.78, 5) is 14.8. The smallest absolute Gasteiger partial charge is 0.228 e. The summed E-state index contributed by atoms with van der Waals surface area (Å²) in [7, 11) is 0. The Morgan fingerprint density at radius 1 is 1.21 bits per heavy atom. The van der Waals surface area contributed by atoms with Crippen molar-refractivity contribution in [3.05, 3.63) is 0 Å². The Morgan fingerprint density at radius 2 is 2.11 bits per heavy atom. The molecule has 0 spiro atoms. The number of carbonyl (C=O) groups is 1. The first-order valence-corrected chi connectivity index (χ1v) is 8.22. The predicted molar refractivity (Wildman–Crippen MR) is 74.8 cm³/mol. The highest BCUT2D eigenvalue weighted by molar-refractivity contribution is 5.80. The van der Waals surface area contributed by atoms with Crippen LogP contribution < -0.4 is 0 Å². The molecule has 0 radical (unpaired) electrons. The van der Waals surface area contributed by atoms with Gasteiger partial charge < -0.3 is 9.64 Å². The Morgan fingerprint density at radius 3 is 2.79 bits per heavy atom. The van der Waals surface area contributed by atoms with E-state index in [0.717, 1.165) is 31.8 Å². The topological polar surface area (TPSA) is 29.5 Å². The minimum absolute atomic E-state index is 0.182. The van der Waals surface area contributed by atoms with Gasteiger partial charge in [0.25, 0.3) is 0 Å². The zero-order valence-corrected chi connectivity index (χ0v) is 12.1. The number of fused-ring (bicyclic) bond motifs is 2. The number of hydrogen-bond acceptors (Lipinski definition) is 2. The summed E-state index contributed by atoms with van der Waals surface area (Å²) < 4.78 is 5.84. The van der Waals surface area contributed by atoms with Crippen LogP contribution in [0.2, 0.25) is 0 Å². The lowest BCUT2D eigenvalue weighted by molar-refractivity contribution is -0.137. The van der Waals surface area contributed by atoms with E-state index in [1.165, 1.54) is 38.5 Å². The summed E-state index contributed by atoms with van der Waals surface area (Å²) in [5, 5.41) is 0. The van der Waals surface area contributed by atoms with E-state index in [0.29, 0.717) is 12.0 Å². The lowest BCUT2D eigenvalue weighted by Crippen LogP contribution is -2.40. The number of rotatable bonds is 3. The third kappa shape index (κ3) is 2.81. The highest BCUT2D eigenvalue weighted by Gasteiger charge is 2.45. The Hall–Kier alpha value is -0.570. The maximum atomic E-state index is 12.7. The van der Waals surface area contributed by atoms with Gasteiger partial charge in [0.1, 0.15) is 0 Å². The van der Waals surface area contributed by atoms with Gasteiger partial charge >= 0.3 is 0 Å². The monoisotopic (exact) mass is 265 g/mol. The van der Waals surface area contributed by atoms with Gasteiger partial charge in [-0.05, 0) is 44.4 Å². The molecule has 0 aromatic carbocycles. The summed E-state index contributed by atoms with van der Waals surface area (Å²) in [6.07, 6.45) is 10.2. The van der Waals surface area contributed by atoms with E-state index < -0.39 is 0 Å². The van der Waals surface area contributed by atoms with E-state index in [9.17, 15) is 4.79 Å². The van der Waals surface area contributed by atoms with Crippen LogP contribution in [0.25, 0.3) is 0 Å². The van der Waals surface area contributed by atoms with Crippen molar-refractivity contribution in [2.75, 3.05) is 13.1 Å². The zero-order valence-electron chi connectivity index (χ0n) is 12.1. The van der Waals surface area contributed by atoms with Crippen LogP contribution in [0.3, 0.4) is 0 Å². The summed E-state index contributed by atoms with van der Waals surface area (Å²) in [5.74, 6) is 1.42. The molecule has 108 valence electrons. The summed E-state index contributed by atoms with van der Waals surface area (Å²) in [6, 6.07) is 0. The molecule has 3 saturated heterocycles. The molecule has 3 heterocycles. The van der Waals surface area contributed by atoms with Gasteiger partial charge in [-0.3, -0.25) is 4.79 Å². The second-order valence-corrected chi connectivity index (χ2v) is 6.63. The van der Waals surface area contributed by atoms with Crippen LogP contribution >= 0.6 is 0 Å². The third-order valence-corrected chi connectivity index (χ3v) is 5.28. The molecule has 0 N–H and O–H groups in total. The Kier molecular flexibility index (Phi) is 4.11. The molecule has 4 atom stereocenters. The molecule has 3 aliphatic heterocycles. The molecule has 19 heavy (non-hydrogen) atoms. The lowest BCUT2D eigenvalue weighted by Gasteiger charge is -2.27.